The maximum atomic E-state index is 13.2. The minimum absolute atomic E-state index is 0.0582. The quantitative estimate of drug-likeness (QED) is 0.773. The first-order chi connectivity index (χ1) is 13.5. The Morgan fingerprint density at radius 1 is 1.36 bits per heavy atom. The first kappa shape index (κ1) is 19.2. The van der Waals surface area contributed by atoms with Crippen LogP contribution in [0.25, 0.3) is 0 Å². The maximum absolute atomic E-state index is 13.2. The molecule has 1 unspecified atom stereocenters. The Morgan fingerprint density at radius 2 is 2.14 bits per heavy atom. The number of hydrogen-bond donors (Lipinski definition) is 1. The molecule has 1 aromatic heterocycles. The topological polar surface area (TPSA) is 71.5 Å². The lowest BCUT2D eigenvalue weighted by Crippen LogP contribution is -2.39. The van der Waals surface area contributed by atoms with Gasteiger partial charge < -0.3 is 15.0 Å². The van der Waals surface area contributed by atoms with E-state index in [2.05, 4.69) is 30.2 Å². The van der Waals surface area contributed by atoms with Crippen molar-refractivity contribution in [3.05, 3.63) is 44.4 Å². The summed E-state index contributed by atoms with van der Waals surface area (Å²) in [4.78, 5) is 32.2. The summed E-state index contributed by atoms with van der Waals surface area (Å²) in [6.45, 7) is 6.06. The van der Waals surface area contributed by atoms with E-state index in [1.54, 1.807) is 11.3 Å². The first-order valence-electron chi connectivity index (χ1n) is 9.29. The smallest absolute Gasteiger partial charge is 0.235 e. The number of benzene rings is 1. The molecule has 0 spiro atoms. The normalized spacial score (nSPS) is 17.7. The van der Waals surface area contributed by atoms with Crippen LogP contribution >= 0.6 is 22.9 Å². The van der Waals surface area contributed by atoms with Crippen molar-refractivity contribution in [3.63, 3.8) is 0 Å². The number of amides is 2. The average Bonchev–Trinajstić information content (AvgIpc) is 3.28. The average molecular weight is 420 g/mol. The molecule has 2 amide bonds. The van der Waals surface area contributed by atoms with Gasteiger partial charge in [0, 0.05) is 23.4 Å². The monoisotopic (exact) mass is 419 g/mol. The predicted octanol–water partition coefficient (Wildman–Crippen LogP) is 2.68. The number of rotatable bonds is 4. The highest BCUT2D eigenvalue weighted by molar-refractivity contribution is 7.11. The highest BCUT2D eigenvalue weighted by atomic mass is 35.5. The molecule has 0 radical (unpaired) electrons. The summed E-state index contributed by atoms with van der Waals surface area (Å²) >= 11 is 7.10. The Kier molecular flexibility index (Phi) is 5.29. The zero-order valence-corrected chi connectivity index (χ0v) is 17.5. The van der Waals surface area contributed by atoms with Crippen LogP contribution in [0.2, 0.25) is 0 Å². The number of alkyl halides is 1. The van der Waals surface area contributed by atoms with E-state index in [1.807, 2.05) is 11.0 Å². The largest absolute Gasteiger partial charge is 0.492 e. The van der Waals surface area contributed by atoms with Crippen molar-refractivity contribution in [2.45, 2.75) is 39.3 Å². The second kappa shape index (κ2) is 7.72. The Balaban J connectivity index is 1.47. The fourth-order valence-corrected chi connectivity index (χ4v) is 4.73. The molecular formula is C20H22ClN3O3S. The number of nitrogens with zero attached hydrogens (tertiary/aromatic N) is 2. The molecule has 2 aliphatic rings. The van der Waals surface area contributed by atoms with Crippen LogP contribution in [0, 0.1) is 13.8 Å². The summed E-state index contributed by atoms with van der Waals surface area (Å²) in [7, 11) is 0. The number of ether oxygens (including phenoxy) is 1. The standard InChI is InChI=1S/C20H22ClN3O3S/c1-11-5-13-14(10-27-16(13)6-12(11)2)20(26)24-4-3-17-15(9-24)23-19(28-17)8-22-18(25)7-21/h5-6,14H,3-4,7-10H2,1-2H3,(H,22,25). The van der Waals surface area contributed by atoms with Crippen LogP contribution in [-0.4, -0.2) is 40.7 Å². The zero-order chi connectivity index (χ0) is 19.8. The molecule has 6 nitrogen and oxygen atoms in total. The lowest BCUT2D eigenvalue weighted by Gasteiger charge is -2.28. The fourth-order valence-electron chi connectivity index (χ4n) is 3.63. The summed E-state index contributed by atoms with van der Waals surface area (Å²) in [6, 6.07) is 4.10. The molecule has 148 valence electrons. The van der Waals surface area contributed by atoms with E-state index in [-0.39, 0.29) is 23.6 Å². The van der Waals surface area contributed by atoms with Gasteiger partial charge in [0.2, 0.25) is 11.8 Å². The molecule has 3 heterocycles. The Labute approximate surface area is 172 Å². The number of carbonyl (C=O) groups is 2. The van der Waals surface area contributed by atoms with Gasteiger partial charge in [-0.05, 0) is 31.0 Å². The highest BCUT2D eigenvalue weighted by Crippen LogP contribution is 2.38. The summed E-state index contributed by atoms with van der Waals surface area (Å²) in [5.74, 6) is 0.397. The van der Waals surface area contributed by atoms with E-state index >= 15 is 0 Å². The van der Waals surface area contributed by atoms with Gasteiger partial charge in [0.1, 0.15) is 29.2 Å². The van der Waals surface area contributed by atoms with Crippen LogP contribution in [0.1, 0.15) is 38.2 Å². The predicted molar refractivity (Wildman–Crippen MR) is 108 cm³/mol. The van der Waals surface area contributed by atoms with Gasteiger partial charge in [-0.3, -0.25) is 9.59 Å². The van der Waals surface area contributed by atoms with E-state index in [1.165, 1.54) is 16.0 Å². The number of fused-ring (bicyclic) bond motifs is 2. The summed E-state index contributed by atoms with van der Waals surface area (Å²) in [5.41, 5.74) is 4.26. The van der Waals surface area contributed by atoms with Crippen LogP contribution in [0.4, 0.5) is 0 Å². The molecule has 0 saturated heterocycles. The molecule has 2 aliphatic heterocycles. The van der Waals surface area contributed by atoms with E-state index in [9.17, 15) is 9.59 Å². The molecular weight excluding hydrogens is 398 g/mol. The van der Waals surface area contributed by atoms with Gasteiger partial charge in [-0.2, -0.15) is 0 Å². The number of hydrogen-bond acceptors (Lipinski definition) is 5. The molecule has 0 fully saturated rings. The molecule has 4 rings (SSSR count). The SMILES string of the molecule is Cc1cc2c(cc1C)C(C(=O)N1CCc3sc(CNC(=O)CCl)nc3C1)CO2. The summed E-state index contributed by atoms with van der Waals surface area (Å²) in [6.07, 6.45) is 0.787. The molecule has 1 atom stereocenters. The van der Waals surface area contributed by atoms with Crippen molar-refractivity contribution < 1.29 is 14.3 Å². The van der Waals surface area contributed by atoms with Crippen molar-refractivity contribution in [1.29, 1.82) is 0 Å². The Hall–Kier alpha value is -2.12. The molecule has 0 saturated carbocycles. The number of aryl methyl sites for hydroxylation is 2. The van der Waals surface area contributed by atoms with Gasteiger partial charge in [0.15, 0.2) is 0 Å². The lowest BCUT2D eigenvalue weighted by atomic mass is 9.95. The highest BCUT2D eigenvalue weighted by Gasteiger charge is 2.35. The van der Waals surface area contributed by atoms with E-state index < -0.39 is 0 Å². The molecule has 1 aromatic carbocycles. The van der Waals surface area contributed by atoms with Crippen molar-refractivity contribution in [2.75, 3.05) is 19.0 Å². The zero-order valence-electron chi connectivity index (χ0n) is 15.9. The van der Waals surface area contributed by atoms with Gasteiger partial charge >= 0.3 is 0 Å². The molecule has 0 aliphatic carbocycles. The van der Waals surface area contributed by atoms with Crippen molar-refractivity contribution in [1.82, 2.24) is 15.2 Å². The summed E-state index contributed by atoms with van der Waals surface area (Å²) in [5, 5.41) is 3.58. The van der Waals surface area contributed by atoms with Crippen molar-refractivity contribution in [2.24, 2.45) is 0 Å². The van der Waals surface area contributed by atoms with Crippen LogP contribution in [-0.2, 0) is 29.1 Å². The van der Waals surface area contributed by atoms with Gasteiger partial charge in [-0.25, -0.2) is 4.98 Å². The van der Waals surface area contributed by atoms with Gasteiger partial charge in [0.05, 0.1) is 18.8 Å². The minimum Gasteiger partial charge on any atom is -0.492 e. The third-order valence-electron chi connectivity index (χ3n) is 5.35. The minimum atomic E-state index is -0.253. The van der Waals surface area contributed by atoms with Gasteiger partial charge in [-0.1, -0.05) is 6.07 Å². The third kappa shape index (κ3) is 3.61. The number of thiazole rings is 1. The summed E-state index contributed by atoms with van der Waals surface area (Å²) < 4.78 is 5.79. The van der Waals surface area contributed by atoms with E-state index in [0.29, 0.717) is 26.2 Å². The van der Waals surface area contributed by atoms with Crippen LogP contribution in [0.3, 0.4) is 0 Å². The van der Waals surface area contributed by atoms with E-state index in [0.717, 1.165) is 28.4 Å². The second-order valence-electron chi connectivity index (χ2n) is 7.24. The van der Waals surface area contributed by atoms with Gasteiger partial charge in [-0.15, -0.1) is 22.9 Å². The van der Waals surface area contributed by atoms with Crippen molar-refractivity contribution in [3.8, 4) is 5.75 Å². The van der Waals surface area contributed by atoms with Crippen LogP contribution in [0.5, 0.6) is 5.75 Å². The first-order valence-corrected chi connectivity index (χ1v) is 10.6. The van der Waals surface area contributed by atoms with Crippen LogP contribution < -0.4 is 10.1 Å². The third-order valence-corrected chi connectivity index (χ3v) is 6.75. The number of nitrogens with one attached hydrogen (secondary N) is 1. The Bertz CT molecular complexity index is 943. The fraction of sp³-hybridized carbons (Fsp3) is 0.450. The second-order valence-corrected chi connectivity index (χ2v) is 8.67. The molecule has 2 aromatic rings. The van der Waals surface area contributed by atoms with Gasteiger partial charge in [0.25, 0.3) is 0 Å². The van der Waals surface area contributed by atoms with E-state index in [4.69, 9.17) is 16.3 Å². The maximum Gasteiger partial charge on any atom is 0.235 e. The molecule has 1 N–H and O–H groups in total. The number of carbonyl (C=O) groups excluding carboxylic acids is 2. The molecule has 8 heteroatoms. The molecule has 28 heavy (non-hydrogen) atoms. The number of aromatic nitrogens is 1. The number of halogens is 1. The Morgan fingerprint density at radius 3 is 2.93 bits per heavy atom. The van der Waals surface area contributed by atoms with Crippen molar-refractivity contribution >= 4 is 34.8 Å². The molecule has 0 bridgehead atoms. The lowest BCUT2D eigenvalue weighted by molar-refractivity contribution is -0.134. The van der Waals surface area contributed by atoms with Crippen LogP contribution in [0.15, 0.2) is 12.1 Å².